The third kappa shape index (κ3) is 7.13. The van der Waals surface area contributed by atoms with E-state index in [0.29, 0.717) is 6.04 Å². The molecule has 0 bridgehead atoms. The number of rotatable bonds is 11. The molecule has 1 aromatic carbocycles. The summed E-state index contributed by atoms with van der Waals surface area (Å²) in [6.07, 6.45) is 11.0. The van der Waals surface area contributed by atoms with Gasteiger partial charge in [0, 0.05) is 6.04 Å². The van der Waals surface area contributed by atoms with Crippen LogP contribution in [0.4, 0.5) is 0 Å². The van der Waals surface area contributed by atoms with E-state index < -0.39 is 0 Å². The molecule has 1 heteroatoms. The van der Waals surface area contributed by atoms with Gasteiger partial charge in [0.1, 0.15) is 0 Å². The second-order valence-corrected chi connectivity index (χ2v) is 6.38. The van der Waals surface area contributed by atoms with Crippen molar-refractivity contribution in [3.63, 3.8) is 0 Å². The van der Waals surface area contributed by atoms with Crippen LogP contribution >= 0.6 is 0 Å². The highest BCUT2D eigenvalue weighted by Gasteiger charge is 2.12. The molecule has 0 spiro atoms. The molecule has 120 valence electrons. The van der Waals surface area contributed by atoms with Crippen LogP contribution in [-0.4, -0.2) is 6.54 Å². The zero-order valence-corrected chi connectivity index (χ0v) is 14.7. The summed E-state index contributed by atoms with van der Waals surface area (Å²) in [7, 11) is 0. The van der Waals surface area contributed by atoms with Gasteiger partial charge in [-0.05, 0) is 37.9 Å². The Bertz CT molecular complexity index is 383. The summed E-state index contributed by atoms with van der Waals surface area (Å²) in [5, 5.41) is 3.68. The highest BCUT2D eigenvalue weighted by atomic mass is 14.9. The minimum atomic E-state index is 0.533. The minimum absolute atomic E-state index is 0.533. The quantitative estimate of drug-likeness (QED) is 0.486. The Balaban J connectivity index is 2.41. The number of benzene rings is 1. The lowest BCUT2D eigenvalue weighted by molar-refractivity contribution is 0.474. The minimum Gasteiger partial charge on any atom is -0.310 e. The van der Waals surface area contributed by atoms with Gasteiger partial charge in [-0.15, -0.1) is 0 Å². The Labute approximate surface area is 132 Å². The Hall–Kier alpha value is -0.820. The van der Waals surface area contributed by atoms with Crippen LogP contribution in [0.5, 0.6) is 0 Å². The van der Waals surface area contributed by atoms with Crippen molar-refractivity contribution in [2.45, 2.75) is 85.1 Å². The standard InChI is InChI=1S/C20H35N/c1-5-7-8-9-10-11-12-13-20(21-6-2)19-16-17(3)14-15-18(19)4/h14-16,20-21H,5-13H2,1-4H3. The van der Waals surface area contributed by atoms with Crippen molar-refractivity contribution in [1.29, 1.82) is 0 Å². The molecule has 0 heterocycles. The van der Waals surface area contributed by atoms with Gasteiger partial charge in [0.15, 0.2) is 0 Å². The lowest BCUT2D eigenvalue weighted by Crippen LogP contribution is -2.21. The summed E-state index contributed by atoms with van der Waals surface area (Å²) in [5.74, 6) is 0. The van der Waals surface area contributed by atoms with Crippen LogP contribution in [0.3, 0.4) is 0 Å². The third-order valence-electron chi connectivity index (χ3n) is 4.36. The molecule has 1 rings (SSSR count). The molecular weight excluding hydrogens is 254 g/mol. The molecule has 1 N–H and O–H groups in total. The van der Waals surface area contributed by atoms with Crippen molar-refractivity contribution >= 4 is 0 Å². The molecule has 21 heavy (non-hydrogen) atoms. The average Bonchev–Trinajstić information content (AvgIpc) is 2.48. The van der Waals surface area contributed by atoms with E-state index in [4.69, 9.17) is 0 Å². The highest BCUT2D eigenvalue weighted by molar-refractivity contribution is 5.33. The normalized spacial score (nSPS) is 12.6. The number of aryl methyl sites for hydroxylation is 2. The first kappa shape index (κ1) is 18.2. The van der Waals surface area contributed by atoms with Crippen molar-refractivity contribution in [1.82, 2.24) is 5.32 Å². The molecule has 0 radical (unpaired) electrons. The molecule has 1 atom stereocenters. The van der Waals surface area contributed by atoms with Crippen LogP contribution in [0, 0.1) is 13.8 Å². The van der Waals surface area contributed by atoms with E-state index in [2.05, 4.69) is 51.2 Å². The van der Waals surface area contributed by atoms with Crippen LogP contribution in [0.2, 0.25) is 0 Å². The van der Waals surface area contributed by atoms with Crippen LogP contribution in [0.1, 0.15) is 87.9 Å². The van der Waals surface area contributed by atoms with E-state index in [1.54, 1.807) is 0 Å². The maximum Gasteiger partial charge on any atom is 0.0322 e. The molecule has 0 aliphatic carbocycles. The summed E-state index contributed by atoms with van der Waals surface area (Å²) in [4.78, 5) is 0. The fourth-order valence-corrected chi connectivity index (χ4v) is 3.05. The predicted molar refractivity (Wildman–Crippen MR) is 94.9 cm³/mol. The molecule has 0 saturated carbocycles. The SMILES string of the molecule is CCCCCCCCCC(NCC)c1cc(C)ccc1C. The van der Waals surface area contributed by atoms with E-state index >= 15 is 0 Å². The molecule has 0 aromatic heterocycles. The zero-order chi connectivity index (χ0) is 15.5. The van der Waals surface area contributed by atoms with Gasteiger partial charge in [0.05, 0.1) is 0 Å². The Morgan fingerprint density at radius 1 is 0.905 bits per heavy atom. The first-order valence-corrected chi connectivity index (χ1v) is 8.99. The average molecular weight is 290 g/mol. The van der Waals surface area contributed by atoms with E-state index in [1.165, 1.54) is 68.1 Å². The Kier molecular flexibility index (Phi) is 9.41. The monoisotopic (exact) mass is 289 g/mol. The number of hydrogen-bond acceptors (Lipinski definition) is 1. The van der Waals surface area contributed by atoms with Gasteiger partial charge in [0.2, 0.25) is 0 Å². The first-order valence-electron chi connectivity index (χ1n) is 8.99. The second-order valence-electron chi connectivity index (χ2n) is 6.38. The zero-order valence-electron chi connectivity index (χ0n) is 14.7. The van der Waals surface area contributed by atoms with Gasteiger partial charge < -0.3 is 5.32 Å². The van der Waals surface area contributed by atoms with Crippen LogP contribution in [0.15, 0.2) is 18.2 Å². The van der Waals surface area contributed by atoms with Gasteiger partial charge in [0.25, 0.3) is 0 Å². The van der Waals surface area contributed by atoms with Crippen molar-refractivity contribution < 1.29 is 0 Å². The van der Waals surface area contributed by atoms with Gasteiger partial charge in [-0.25, -0.2) is 0 Å². The first-order chi connectivity index (χ1) is 10.2. The smallest absolute Gasteiger partial charge is 0.0322 e. The Morgan fingerprint density at radius 2 is 1.57 bits per heavy atom. The van der Waals surface area contributed by atoms with E-state index in [9.17, 15) is 0 Å². The molecule has 0 saturated heterocycles. The van der Waals surface area contributed by atoms with Crippen LogP contribution < -0.4 is 5.32 Å². The summed E-state index contributed by atoms with van der Waals surface area (Å²) < 4.78 is 0. The topological polar surface area (TPSA) is 12.0 Å². The van der Waals surface area contributed by atoms with Crippen molar-refractivity contribution in [2.75, 3.05) is 6.54 Å². The third-order valence-corrected chi connectivity index (χ3v) is 4.36. The molecule has 1 unspecified atom stereocenters. The summed E-state index contributed by atoms with van der Waals surface area (Å²) in [6, 6.07) is 7.38. The van der Waals surface area contributed by atoms with Crippen molar-refractivity contribution in [2.24, 2.45) is 0 Å². The summed E-state index contributed by atoms with van der Waals surface area (Å²) in [5.41, 5.74) is 4.30. The molecular formula is C20H35N. The van der Waals surface area contributed by atoms with Gasteiger partial charge in [-0.2, -0.15) is 0 Å². The molecule has 1 aromatic rings. The predicted octanol–water partition coefficient (Wildman–Crippen LogP) is 6.09. The molecule has 0 aliphatic heterocycles. The van der Waals surface area contributed by atoms with Gasteiger partial charge in [-0.1, -0.05) is 82.6 Å². The van der Waals surface area contributed by atoms with Crippen molar-refractivity contribution in [3.05, 3.63) is 34.9 Å². The highest BCUT2D eigenvalue weighted by Crippen LogP contribution is 2.24. The molecule has 0 aliphatic rings. The number of unbranched alkanes of at least 4 members (excludes halogenated alkanes) is 6. The molecule has 0 amide bonds. The van der Waals surface area contributed by atoms with Gasteiger partial charge in [-0.3, -0.25) is 0 Å². The molecule has 1 nitrogen and oxygen atoms in total. The number of hydrogen-bond donors (Lipinski definition) is 1. The van der Waals surface area contributed by atoms with E-state index in [-0.39, 0.29) is 0 Å². The maximum atomic E-state index is 3.68. The van der Waals surface area contributed by atoms with Crippen molar-refractivity contribution in [3.8, 4) is 0 Å². The summed E-state index contributed by atoms with van der Waals surface area (Å²) in [6.45, 7) is 9.98. The number of nitrogens with one attached hydrogen (secondary N) is 1. The maximum absolute atomic E-state index is 3.68. The fraction of sp³-hybridized carbons (Fsp3) is 0.700. The Morgan fingerprint density at radius 3 is 2.24 bits per heavy atom. The van der Waals surface area contributed by atoms with Crippen LogP contribution in [-0.2, 0) is 0 Å². The molecule has 0 fully saturated rings. The fourth-order valence-electron chi connectivity index (χ4n) is 3.05. The second kappa shape index (κ2) is 10.8. The lowest BCUT2D eigenvalue weighted by Gasteiger charge is -2.21. The lowest BCUT2D eigenvalue weighted by atomic mass is 9.94. The van der Waals surface area contributed by atoms with E-state index in [1.807, 2.05) is 0 Å². The van der Waals surface area contributed by atoms with Gasteiger partial charge >= 0.3 is 0 Å². The van der Waals surface area contributed by atoms with E-state index in [0.717, 1.165) is 6.54 Å². The summed E-state index contributed by atoms with van der Waals surface area (Å²) >= 11 is 0. The largest absolute Gasteiger partial charge is 0.310 e. The van der Waals surface area contributed by atoms with Crippen LogP contribution in [0.25, 0.3) is 0 Å².